The molecule has 0 spiro atoms. The molecule has 7 heteroatoms. The van der Waals surface area contributed by atoms with E-state index in [0.717, 1.165) is 22.3 Å². The first kappa shape index (κ1) is 20.1. The van der Waals surface area contributed by atoms with Crippen LogP contribution in [0.4, 0.5) is 0 Å². The Hall–Kier alpha value is -3.22. The van der Waals surface area contributed by atoms with Crippen molar-refractivity contribution in [3.05, 3.63) is 52.6 Å². The second-order valence-electron chi connectivity index (χ2n) is 7.31. The van der Waals surface area contributed by atoms with Crippen LogP contribution in [0.2, 0.25) is 0 Å². The van der Waals surface area contributed by atoms with Gasteiger partial charge in [0.15, 0.2) is 0 Å². The van der Waals surface area contributed by atoms with E-state index in [9.17, 15) is 9.59 Å². The van der Waals surface area contributed by atoms with Gasteiger partial charge in [-0.2, -0.15) is 0 Å². The molecule has 5 rings (SSSR count). The summed E-state index contributed by atoms with van der Waals surface area (Å²) in [5, 5.41) is 0. The molecule has 4 atom stereocenters. The zero-order chi connectivity index (χ0) is 21.6. The minimum atomic E-state index is -0.787. The Labute approximate surface area is 174 Å². The maximum absolute atomic E-state index is 13.0. The third kappa shape index (κ3) is 2.57. The van der Waals surface area contributed by atoms with E-state index in [1.54, 1.807) is 21.3 Å². The van der Waals surface area contributed by atoms with Crippen LogP contribution in [0.15, 0.2) is 30.3 Å². The monoisotopic (exact) mass is 412 g/mol. The summed E-state index contributed by atoms with van der Waals surface area (Å²) < 4.78 is 27.3. The lowest BCUT2D eigenvalue weighted by atomic mass is 9.53. The molecule has 0 saturated heterocycles. The predicted octanol–water partition coefficient (Wildman–Crippen LogP) is 2.88. The summed E-state index contributed by atoms with van der Waals surface area (Å²) in [4.78, 5) is 26.0. The largest absolute Gasteiger partial charge is 0.496 e. The van der Waals surface area contributed by atoms with E-state index >= 15 is 0 Å². The molecular formula is C23H24O7. The van der Waals surface area contributed by atoms with Gasteiger partial charge in [0.2, 0.25) is 0 Å². The molecule has 2 aromatic rings. The number of fused-ring (bicyclic) bond motifs is 1. The number of ether oxygens (including phenoxy) is 5. The molecule has 4 unspecified atom stereocenters. The van der Waals surface area contributed by atoms with Gasteiger partial charge in [0.1, 0.15) is 17.2 Å². The highest BCUT2D eigenvalue weighted by atomic mass is 16.5. The number of methoxy groups -OCH3 is 5. The van der Waals surface area contributed by atoms with Crippen molar-refractivity contribution in [3.8, 4) is 17.2 Å². The first-order valence-corrected chi connectivity index (χ1v) is 9.61. The quantitative estimate of drug-likeness (QED) is 0.699. The number of esters is 2. The van der Waals surface area contributed by atoms with E-state index in [0.29, 0.717) is 17.2 Å². The normalized spacial score (nSPS) is 23.1. The van der Waals surface area contributed by atoms with E-state index in [2.05, 4.69) is 0 Å². The Kier molecular flexibility index (Phi) is 5.05. The Morgan fingerprint density at radius 2 is 1.10 bits per heavy atom. The van der Waals surface area contributed by atoms with Crippen molar-refractivity contribution in [2.24, 2.45) is 11.8 Å². The molecule has 3 aliphatic rings. The molecule has 2 aromatic carbocycles. The highest BCUT2D eigenvalue weighted by Crippen LogP contribution is 2.64. The maximum Gasteiger partial charge on any atom is 0.310 e. The lowest BCUT2D eigenvalue weighted by molar-refractivity contribution is -0.160. The van der Waals surface area contributed by atoms with Gasteiger partial charge in [0.25, 0.3) is 0 Å². The maximum atomic E-state index is 13.0. The Balaban J connectivity index is 2.14. The van der Waals surface area contributed by atoms with E-state index in [1.807, 2.05) is 30.3 Å². The molecular weight excluding hydrogens is 388 g/mol. The number of hydrogen-bond donors (Lipinski definition) is 0. The van der Waals surface area contributed by atoms with Gasteiger partial charge in [-0.25, -0.2) is 0 Å². The zero-order valence-electron chi connectivity index (χ0n) is 17.6. The van der Waals surface area contributed by atoms with E-state index < -0.39 is 35.6 Å². The summed E-state index contributed by atoms with van der Waals surface area (Å²) in [6, 6.07) is 9.33. The van der Waals surface area contributed by atoms with E-state index in [-0.39, 0.29) is 0 Å². The number of carbonyl (C=O) groups excluding carboxylic acids is 2. The lowest BCUT2D eigenvalue weighted by Gasteiger charge is -2.49. The van der Waals surface area contributed by atoms with Crippen molar-refractivity contribution < 1.29 is 33.3 Å². The summed E-state index contributed by atoms with van der Waals surface area (Å²) in [6.45, 7) is 0. The third-order valence-electron chi connectivity index (χ3n) is 6.29. The van der Waals surface area contributed by atoms with Gasteiger partial charge in [-0.05, 0) is 23.8 Å². The Morgan fingerprint density at radius 1 is 0.633 bits per heavy atom. The summed E-state index contributed by atoms with van der Waals surface area (Å²) in [5.41, 5.74) is 3.42. The summed E-state index contributed by atoms with van der Waals surface area (Å²) in [7, 11) is 7.41. The van der Waals surface area contributed by atoms with Crippen LogP contribution in [-0.2, 0) is 19.1 Å². The van der Waals surface area contributed by atoms with Gasteiger partial charge in [0, 0.05) is 28.5 Å². The molecule has 0 aliphatic heterocycles. The highest BCUT2D eigenvalue weighted by Gasteiger charge is 2.59. The van der Waals surface area contributed by atoms with Crippen LogP contribution in [0.1, 0.15) is 34.1 Å². The van der Waals surface area contributed by atoms with Crippen molar-refractivity contribution in [2.45, 2.75) is 11.8 Å². The first-order chi connectivity index (χ1) is 14.5. The first-order valence-electron chi connectivity index (χ1n) is 9.61. The average molecular weight is 412 g/mol. The van der Waals surface area contributed by atoms with Crippen LogP contribution in [0.3, 0.4) is 0 Å². The molecule has 7 nitrogen and oxygen atoms in total. The highest BCUT2D eigenvalue weighted by molar-refractivity contribution is 5.89. The number of carbonyl (C=O) groups is 2. The summed E-state index contributed by atoms with van der Waals surface area (Å²) in [5.74, 6) is -1.59. The van der Waals surface area contributed by atoms with Gasteiger partial charge < -0.3 is 23.7 Å². The fourth-order valence-electron chi connectivity index (χ4n) is 5.22. The summed E-state index contributed by atoms with van der Waals surface area (Å²) in [6.07, 6.45) is 0. The molecule has 0 radical (unpaired) electrons. The molecule has 0 saturated carbocycles. The van der Waals surface area contributed by atoms with Gasteiger partial charge in [-0.15, -0.1) is 0 Å². The van der Waals surface area contributed by atoms with Crippen LogP contribution in [-0.4, -0.2) is 47.5 Å². The van der Waals surface area contributed by atoms with Crippen LogP contribution in [0.25, 0.3) is 0 Å². The predicted molar refractivity (Wildman–Crippen MR) is 107 cm³/mol. The van der Waals surface area contributed by atoms with Gasteiger partial charge in [0.05, 0.1) is 47.4 Å². The minimum absolute atomic E-state index is 0.468. The second kappa shape index (κ2) is 7.55. The second-order valence-corrected chi connectivity index (χ2v) is 7.31. The topological polar surface area (TPSA) is 80.3 Å². The van der Waals surface area contributed by atoms with Gasteiger partial charge >= 0.3 is 11.9 Å². The Bertz CT molecular complexity index is 1010. The van der Waals surface area contributed by atoms with Crippen molar-refractivity contribution in [1.29, 1.82) is 0 Å². The van der Waals surface area contributed by atoms with E-state index in [4.69, 9.17) is 23.7 Å². The lowest BCUT2D eigenvalue weighted by Crippen LogP contribution is -2.48. The summed E-state index contributed by atoms with van der Waals surface area (Å²) >= 11 is 0. The number of hydrogen-bond acceptors (Lipinski definition) is 7. The van der Waals surface area contributed by atoms with Crippen molar-refractivity contribution in [2.75, 3.05) is 35.5 Å². The molecule has 0 amide bonds. The number of rotatable bonds is 5. The molecule has 3 aliphatic carbocycles. The van der Waals surface area contributed by atoms with Crippen LogP contribution in [0.5, 0.6) is 17.2 Å². The van der Waals surface area contributed by atoms with Crippen LogP contribution in [0, 0.1) is 11.8 Å². The number of benzene rings is 2. The molecule has 158 valence electrons. The zero-order valence-corrected chi connectivity index (χ0v) is 17.6. The smallest absolute Gasteiger partial charge is 0.310 e. The molecule has 0 fully saturated rings. The van der Waals surface area contributed by atoms with Gasteiger partial charge in [-0.3, -0.25) is 9.59 Å². The van der Waals surface area contributed by atoms with Crippen LogP contribution < -0.4 is 14.2 Å². The van der Waals surface area contributed by atoms with Gasteiger partial charge in [-0.1, -0.05) is 12.1 Å². The SMILES string of the molecule is COC(=O)C1C2c3cccc(OC)c3C(c3c(OC)ccc(OC)c32)C1C(=O)OC. The van der Waals surface area contributed by atoms with Crippen LogP contribution >= 0.6 is 0 Å². The third-order valence-corrected chi connectivity index (χ3v) is 6.29. The fraction of sp³-hybridized carbons (Fsp3) is 0.391. The standard InChI is InChI=1S/C23H24O7/c1-26-12-8-6-7-11-15(12)19-18-14(28-3)10-9-13(27-2)17(18)16(11)20(22(24)29-4)21(19)23(25)30-5/h6-10,16,19-21H,1-5H3. The fourth-order valence-corrected chi connectivity index (χ4v) is 5.22. The van der Waals surface area contributed by atoms with Crippen molar-refractivity contribution in [1.82, 2.24) is 0 Å². The van der Waals surface area contributed by atoms with E-state index in [1.165, 1.54) is 14.2 Å². The molecule has 0 heterocycles. The van der Waals surface area contributed by atoms with Crippen molar-refractivity contribution in [3.63, 3.8) is 0 Å². The molecule has 0 aromatic heterocycles. The van der Waals surface area contributed by atoms with Crippen molar-refractivity contribution >= 4 is 11.9 Å². The average Bonchev–Trinajstić information content (AvgIpc) is 2.80. The molecule has 2 bridgehead atoms. The molecule has 30 heavy (non-hydrogen) atoms. The Morgan fingerprint density at radius 3 is 1.60 bits per heavy atom. The molecule has 0 N–H and O–H groups in total. The minimum Gasteiger partial charge on any atom is -0.496 e.